The molecular weight excluding hydrogens is 330 g/mol. The molecule has 0 spiro atoms. The van der Waals surface area contributed by atoms with E-state index in [4.69, 9.17) is 11.6 Å². The number of hydrogen-bond acceptors (Lipinski definition) is 4. The van der Waals surface area contributed by atoms with Gasteiger partial charge in [-0.05, 0) is 25.3 Å². The number of nitrogens with one attached hydrogen (secondary N) is 1. The largest absolute Gasteiger partial charge is 0.390 e. The Balaban J connectivity index is 1.72. The maximum Gasteiger partial charge on any atom is 0.267 e. The first kappa shape index (κ1) is 16.7. The number of carbonyl (C=O) groups is 1. The van der Waals surface area contributed by atoms with Gasteiger partial charge in [0.05, 0.1) is 5.60 Å². The molecule has 1 heterocycles. The van der Waals surface area contributed by atoms with Gasteiger partial charge in [-0.2, -0.15) is 5.10 Å². The molecule has 1 aromatic heterocycles. The van der Waals surface area contributed by atoms with Crippen molar-refractivity contribution >= 4 is 17.5 Å². The second kappa shape index (κ2) is 6.37. The van der Waals surface area contributed by atoms with Crippen LogP contribution in [0.4, 0.5) is 0 Å². The minimum absolute atomic E-state index is 0.0673. The summed E-state index contributed by atoms with van der Waals surface area (Å²) in [6, 6.07) is 10.5. The Morgan fingerprint density at radius 3 is 2.71 bits per heavy atom. The molecule has 1 amide bonds. The van der Waals surface area contributed by atoms with Crippen LogP contribution in [0.3, 0.4) is 0 Å². The monoisotopic (exact) mass is 347 g/mol. The Morgan fingerprint density at radius 1 is 1.42 bits per heavy atom. The number of aliphatic hydroxyl groups is 1. The van der Waals surface area contributed by atoms with Gasteiger partial charge in [-0.3, -0.25) is 9.59 Å². The minimum atomic E-state index is -0.715. The first-order chi connectivity index (χ1) is 11.3. The summed E-state index contributed by atoms with van der Waals surface area (Å²) in [7, 11) is 0. The zero-order valence-corrected chi connectivity index (χ0v) is 14.0. The molecule has 2 aromatic rings. The first-order valence-corrected chi connectivity index (χ1v) is 8.07. The number of aromatic nitrogens is 2. The standard InChI is InChI=1S/C17H18ClN3O3/c1-17(24)8-12(9-17)19-14(22)10-21-15(23)7-13(16(18)20-21)11-5-3-2-4-6-11/h2-7,12,24H,8-10H2,1H3,(H,19,22)/t12-,17+. The summed E-state index contributed by atoms with van der Waals surface area (Å²) >= 11 is 6.17. The molecule has 3 rings (SSSR count). The maximum atomic E-state index is 12.2. The molecule has 126 valence electrons. The number of nitrogens with zero attached hydrogens (tertiary/aromatic N) is 2. The van der Waals surface area contributed by atoms with Crippen molar-refractivity contribution in [3.8, 4) is 11.1 Å². The third-order valence-electron chi connectivity index (χ3n) is 4.07. The van der Waals surface area contributed by atoms with E-state index in [1.807, 2.05) is 30.3 Å². The van der Waals surface area contributed by atoms with Gasteiger partial charge in [0.2, 0.25) is 5.91 Å². The Morgan fingerprint density at radius 2 is 2.08 bits per heavy atom. The van der Waals surface area contributed by atoms with Crippen molar-refractivity contribution in [2.24, 2.45) is 0 Å². The summed E-state index contributed by atoms with van der Waals surface area (Å²) in [4.78, 5) is 24.2. The number of carbonyl (C=O) groups excluding carboxylic acids is 1. The molecule has 1 saturated carbocycles. The highest BCUT2D eigenvalue weighted by Gasteiger charge is 2.39. The van der Waals surface area contributed by atoms with Crippen molar-refractivity contribution in [3.05, 3.63) is 51.9 Å². The Bertz CT molecular complexity index is 810. The average molecular weight is 348 g/mol. The second-order valence-corrected chi connectivity index (χ2v) is 6.74. The van der Waals surface area contributed by atoms with E-state index < -0.39 is 11.2 Å². The van der Waals surface area contributed by atoms with Gasteiger partial charge in [-0.1, -0.05) is 41.9 Å². The summed E-state index contributed by atoms with van der Waals surface area (Å²) in [6.45, 7) is 1.52. The van der Waals surface area contributed by atoms with Crippen LogP contribution in [0.5, 0.6) is 0 Å². The molecular formula is C17H18ClN3O3. The van der Waals surface area contributed by atoms with E-state index >= 15 is 0 Å². The molecule has 24 heavy (non-hydrogen) atoms. The summed E-state index contributed by atoms with van der Waals surface area (Å²) in [6.07, 6.45) is 1.02. The van der Waals surface area contributed by atoms with E-state index in [9.17, 15) is 14.7 Å². The highest BCUT2D eigenvalue weighted by molar-refractivity contribution is 6.32. The van der Waals surface area contributed by atoms with Gasteiger partial charge in [0.25, 0.3) is 5.56 Å². The molecule has 0 bridgehead atoms. The van der Waals surface area contributed by atoms with Crippen molar-refractivity contribution in [2.75, 3.05) is 0 Å². The van der Waals surface area contributed by atoms with Gasteiger partial charge in [0, 0.05) is 17.7 Å². The fourth-order valence-electron chi connectivity index (χ4n) is 2.91. The van der Waals surface area contributed by atoms with Gasteiger partial charge in [0.1, 0.15) is 6.54 Å². The smallest absolute Gasteiger partial charge is 0.267 e. The van der Waals surface area contributed by atoms with Crippen LogP contribution in [-0.2, 0) is 11.3 Å². The van der Waals surface area contributed by atoms with Crippen molar-refractivity contribution in [1.82, 2.24) is 15.1 Å². The van der Waals surface area contributed by atoms with Crippen molar-refractivity contribution < 1.29 is 9.90 Å². The molecule has 0 radical (unpaired) electrons. The Labute approximate surface area is 144 Å². The molecule has 1 aliphatic rings. The molecule has 2 N–H and O–H groups in total. The van der Waals surface area contributed by atoms with Crippen LogP contribution in [0.15, 0.2) is 41.2 Å². The van der Waals surface area contributed by atoms with E-state index in [0.29, 0.717) is 18.4 Å². The molecule has 0 saturated heterocycles. The molecule has 0 atom stereocenters. The highest BCUT2D eigenvalue weighted by atomic mass is 35.5. The van der Waals surface area contributed by atoms with E-state index in [0.717, 1.165) is 10.2 Å². The number of benzene rings is 1. The number of hydrogen-bond donors (Lipinski definition) is 2. The lowest BCUT2D eigenvalue weighted by molar-refractivity contribution is -0.125. The summed E-state index contributed by atoms with van der Waals surface area (Å²) in [5.41, 5.74) is 0.219. The van der Waals surface area contributed by atoms with E-state index in [-0.39, 0.29) is 23.6 Å². The maximum absolute atomic E-state index is 12.2. The lowest BCUT2D eigenvalue weighted by atomic mass is 9.77. The number of rotatable bonds is 4. The summed E-state index contributed by atoms with van der Waals surface area (Å²) in [5.74, 6) is -0.325. The SMILES string of the molecule is C[C@]1(O)C[C@@H](NC(=O)Cn2nc(Cl)c(-c3ccccc3)cc2=O)C1. The zero-order chi connectivity index (χ0) is 17.3. The third kappa shape index (κ3) is 3.66. The zero-order valence-electron chi connectivity index (χ0n) is 13.2. The molecule has 7 heteroatoms. The fourth-order valence-corrected chi connectivity index (χ4v) is 3.17. The molecule has 6 nitrogen and oxygen atoms in total. The predicted molar refractivity (Wildman–Crippen MR) is 90.7 cm³/mol. The van der Waals surface area contributed by atoms with Gasteiger partial charge in [-0.25, -0.2) is 4.68 Å². The van der Waals surface area contributed by atoms with Crippen LogP contribution in [0.2, 0.25) is 5.15 Å². The van der Waals surface area contributed by atoms with Crippen molar-refractivity contribution in [2.45, 2.75) is 38.0 Å². The number of amides is 1. The topological polar surface area (TPSA) is 84.2 Å². The van der Waals surface area contributed by atoms with E-state index in [1.165, 1.54) is 6.07 Å². The van der Waals surface area contributed by atoms with Crippen LogP contribution in [0.1, 0.15) is 19.8 Å². The third-order valence-corrected chi connectivity index (χ3v) is 4.35. The Hall–Kier alpha value is -2.18. The molecule has 0 unspecified atom stereocenters. The van der Waals surface area contributed by atoms with Crippen molar-refractivity contribution in [3.63, 3.8) is 0 Å². The molecule has 1 aromatic carbocycles. The van der Waals surface area contributed by atoms with Gasteiger partial charge >= 0.3 is 0 Å². The van der Waals surface area contributed by atoms with Gasteiger partial charge < -0.3 is 10.4 Å². The van der Waals surface area contributed by atoms with E-state index in [2.05, 4.69) is 10.4 Å². The van der Waals surface area contributed by atoms with Crippen LogP contribution in [0, 0.1) is 0 Å². The lowest BCUT2D eigenvalue weighted by Crippen LogP contribution is -2.54. The average Bonchev–Trinajstić information content (AvgIpc) is 2.49. The van der Waals surface area contributed by atoms with Crippen molar-refractivity contribution in [1.29, 1.82) is 0 Å². The van der Waals surface area contributed by atoms with E-state index in [1.54, 1.807) is 6.92 Å². The Kier molecular flexibility index (Phi) is 4.43. The quantitative estimate of drug-likeness (QED) is 0.879. The molecule has 0 aliphatic heterocycles. The molecule has 1 aliphatic carbocycles. The summed E-state index contributed by atoms with van der Waals surface area (Å²) in [5, 5.41) is 16.6. The molecule has 1 fully saturated rings. The summed E-state index contributed by atoms with van der Waals surface area (Å²) < 4.78 is 1.04. The first-order valence-electron chi connectivity index (χ1n) is 7.69. The van der Waals surface area contributed by atoms with Crippen LogP contribution < -0.4 is 10.9 Å². The fraction of sp³-hybridized carbons (Fsp3) is 0.353. The van der Waals surface area contributed by atoms with Gasteiger partial charge in [0.15, 0.2) is 5.15 Å². The van der Waals surface area contributed by atoms with Crippen LogP contribution >= 0.6 is 11.6 Å². The minimum Gasteiger partial charge on any atom is -0.390 e. The lowest BCUT2D eigenvalue weighted by Gasteiger charge is -2.41. The second-order valence-electron chi connectivity index (χ2n) is 6.38. The number of halogens is 1. The van der Waals surface area contributed by atoms with Gasteiger partial charge in [-0.15, -0.1) is 0 Å². The highest BCUT2D eigenvalue weighted by Crippen LogP contribution is 2.31. The predicted octanol–water partition coefficient (Wildman–Crippen LogP) is 1.59. The van der Waals surface area contributed by atoms with Crippen LogP contribution in [-0.4, -0.2) is 32.4 Å². The normalized spacial score (nSPS) is 22.7. The van der Waals surface area contributed by atoms with Crippen LogP contribution in [0.25, 0.3) is 11.1 Å².